The average Bonchev–Trinajstić information content (AvgIpc) is 2.48. The molecule has 4 N–H and O–H groups in total. The van der Waals surface area contributed by atoms with Crippen molar-refractivity contribution >= 4 is 12.1 Å². The highest BCUT2D eigenvalue weighted by molar-refractivity contribution is 5.72. The second-order valence-electron chi connectivity index (χ2n) is 3.13. The summed E-state index contributed by atoms with van der Waals surface area (Å²) in [6.45, 7) is 1.57. The molecule has 1 heterocycles. The first kappa shape index (κ1) is 9.63. The normalized spacial score (nSPS) is 21.5. The maximum atomic E-state index is 10.7. The number of nitrogens with zero attached hydrogens (tertiary/aromatic N) is 1. The highest BCUT2D eigenvalue weighted by Crippen LogP contribution is 2.14. The Kier molecular flexibility index (Phi) is 2.94. The zero-order chi connectivity index (χ0) is 9.84. The number of amides is 3. The minimum atomic E-state index is -1.03. The van der Waals surface area contributed by atoms with Crippen molar-refractivity contribution < 1.29 is 14.7 Å². The zero-order valence-electron chi connectivity index (χ0n) is 7.19. The van der Waals surface area contributed by atoms with Crippen LogP contribution in [0.15, 0.2) is 0 Å². The van der Waals surface area contributed by atoms with Crippen molar-refractivity contribution in [3.63, 3.8) is 0 Å². The van der Waals surface area contributed by atoms with Crippen molar-refractivity contribution in [1.82, 2.24) is 10.2 Å². The lowest BCUT2D eigenvalue weighted by Gasteiger charge is -2.12. The molecule has 0 spiro atoms. The van der Waals surface area contributed by atoms with Crippen LogP contribution in [0.5, 0.6) is 0 Å². The summed E-state index contributed by atoms with van der Waals surface area (Å²) in [6.07, 6.45) is -0.221. The van der Waals surface area contributed by atoms with Gasteiger partial charge in [-0.25, -0.2) is 9.59 Å². The first-order valence-corrected chi connectivity index (χ1v) is 4.10. The van der Waals surface area contributed by atoms with E-state index in [0.29, 0.717) is 19.6 Å². The molecule has 6 nitrogen and oxygen atoms in total. The number of hydrogen-bond donors (Lipinski definition) is 3. The van der Waals surface area contributed by atoms with E-state index >= 15 is 0 Å². The number of primary amides is 1. The number of likely N-dealkylation sites (tertiary alicyclic amines) is 1. The summed E-state index contributed by atoms with van der Waals surface area (Å²) in [7, 11) is 0. The first-order chi connectivity index (χ1) is 6.09. The molecule has 0 aliphatic carbocycles. The van der Waals surface area contributed by atoms with Crippen LogP contribution in [-0.4, -0.2) is 41.8 Å². The third kappa shape index (κ3) is 2.81. The van der Waals surface area contributed by atoms with Crippen LogP contribution in [0.3, 0.4) is 0 Å². The lowest BCUT2D eigenvalue weighted by Crippen LogP contribution is -2.35. The molecule has 0 aromatic rings. The lowest BCUT2D eigenvalue weighted by molar-refractivity contribution is 0.192. The Bertz CT molecular complexity index is 219. The highest BCUT2D eigenvalue weighted by Gasteiger charge is 2.24. The molecule has 0 aromatic heterocycles. The third-order valence-electron chi connectivity index (χ3n) is 2.14. The number of nitrogens with two attached hydrogens (primary N) is 1. The van der Waals surface area contributed by atoms with E-state index in [1.165, 1.54) is 4.90 Å². The molecule has 0 radical (unpaired) electrons. The number of nitrogens with one attached hydrogen (secondary N) is 1. The SMILES string of the molecule is NC(=O)N1CCC(CNC(=O)O)C1. The fourth-order valence-corrected chi connectivity index (χ4v) is 1.43. The first-order valence-electron chi connectivity index (χ1n) is 4.10. The van der Waals surface area contributed by atoms with E-state index in [1.807, 2.05) is 0 Å². The van der Waals surface area contributed by atoms with Gasteiger partial charge in [0, 0.05) is 19.6 Å². The van der Waals surface area contributed by atoms with Crippen LogP contribution >= 0.6 is 0 Å². The summed E-state index contributed by atoms with van der Waals surface area (Å²) >= 11 is 0. The Morgan fingerprint density at radius 1 is 1.62 bits per heavy atom. The van der Waals surface area contributed by atoms with Crippen molar-refractivity contribution in [2.75, 3.05) is 19.6 Å². The van der Waals surface area contributed by atoms with E-state index in [0.717, 1.165) is 6.42 Å². The molecule has 0 bridgehead atoms. The van der Waals surface area contributed by atoms with Crippen LogP contribution < -0.4 is 11.1 Å². The predicted octanol–water partition coefficient (Wildman–Crippen LogP) is -0.345. The van der Waals surface area contributed by atoms with Gasteiger partial charge in [0.25, 0.3) is 0 Å². The quantitative estimate of drug-likeness (QED) is 0.551. The second-order valence-corrected chi connectivity index (χ2v) is 3.13. The highest BCUT2D eigenvalue weighted by atomic mass is 16.4. The molecule has 1 atom stereocenters. The summed E-state index contributed by atoms with van der Waals surface area (Å²) in [5.74, 6) is 0.198. The Balaban J connectivity index is 2.25. The van der Waals surface area contributed by atoms with Gasteiger partial charge in [0.1, 0.15) is 0 Å². The fourth-order valence-electron chi connectivity index (χ4n) is 1.43. The fraction of sp³-hybridized carbons (Fsp3) is 0.714. The van der Waals surface area contributed by atoms with Gasteiger partial charge in [-0.3, -0.25) is 0 Å². The summed E-state index contributed by atoms with van der Waals surface area (Å²) < 4.78 is 0. The van der Waals surface area contributed by atoms with Gasteiger partial charge in [0.2, 0.25) is 0 Å². The van der Waals surface area contributed by atoms with E-state index in [1.54, 1.807) is 0 Å². The van der Waals surface area contributed by atoms with Crippen LogP contribution in [-0.2, 0) is 0 Å². The van der Waals surface area contributed by atoms with Crippen LogP contribution in [0.2, 0.25) is 0 Å². The topological polar surface area (TPSA) is 95.7 Å². The van der Waals surface area contributed by atoms with E-state index in [-0.39, 0.29) is 5.92 Å². The van der Waals surface area contributed by atoms with E-state index in [2.05, 4.69) is 5.32 Å². The molecular weight excluding hydrogens is 174 g/mol. The van der Waals surface area contributed by atoms with Crippen LogP contribution in [0.4, 0.5) is 9.59 Å². The number of rotatable bonds is 2. The van der Waals surface area contributed by atoms with Crippen LogP contribution in [0.1, 0.15) is 6.42 Å². The summed E-state index contributed by atoms with van der Waals surface area (Å²) in [4.78, 5) is 22.4. The number of carbonyl (C=O) groups is 2. The Morgan fingerprint density at radius 2 is 2.31 bits per heavy atom. The molecule has 1 aliphatic rings. The van der Waals surface area contributed by atoms with Crippen LogP contribution in [0.25, 0.3) is 0 Å². The van der Waals surface area contributed by atoms with E-state index in [9.17, 15) is 9.59 Å². The molecule has 74 valence electrons. The zero-order valence-corrected chi connectivity index (χ0v) is 7.19. The summed E-state index contributed by atoms with van der Waals surface area (Å²) in [5, 5.41) is 10.6. The van der Waals surface area contributed by atoms with Gasteiger partial charge in [-0.15, -0.1) is 0 Å². The minimum Gasteiger partial charge on any atom is -0.465 e. The maximum absolute atomic E-state index is 10.7. The Hall–Kier alpha value is -1.46. The Morgan fingerprint density at radius 3 is 2.77 bits per heavy atom. The van der Waals surface area contributed by atoms with Crippen molar-refractivity contribution in [2.24, 2.45) is 11.7 Å². The predicted molar refractivity (Wildman–Crippen MR) is 45.3 cm³/mol. The largest absolute Gasteiger partial charge is 0.465 e. The number of hydrogen-bond acceptors (Lipinski definition) is 2. The second kappa shape index (κ2) is 3.97. The molecule has 1 fully saturated rings. The van der Waals surface area contributed by atoms with Crippen LogP contribution in [0, 0.1) is 5.92 Å². The van der Waals surface area contributed by atoms with Gasteiger partial charge in [0.05, 0.1) is 0 Å². The molecule has 1 saturated heterocycles. The Labute approximate surface area is 75.7 Å². The van der Waals surface area contributed by atoms with Gasteiger partial charge in [-0.2, -0.15) is 0 Å². The molecule has 3 amide bonds. The maximum Gasteiger partial charge on any atom is 0.404 e. The van der Waals surface area contributed by atoms with Gasteiger partial charge in [-0.1, -0.05) is 0 Å². The minimum absolute atomic E-state index is 0.198. The summed E-state index contributed by atoms with van der Waals surface area (Å²) in [5.41, 5.74) is 5.07. The smallest absolute Gasteiger partial charge is 0.404 e. The van der Waals surface area contributed by atoms with Crippen molar-refractivity contribution in [2.45, 2.75) is 6.42 Å². The lowest BCUT2D eigenvalue weighted by atomic mass is 10.1. The number of urea groups is 1. The summed E-state index contributed by atoms with van der Waals surface area (Å²) in [6, 6.07) is -0.433. The molecular formula is C7H13N3O3. The van der Waals surface area contributed by atoms with Crippen molar-refractivity contribution in [3.8, 4) is 0 Å². The van der Waals surface area contributed by atoms with Crippen molar-refractivity contribution in [1.29, 1.82) is 0 Å². The molecule has 6 heteroatoms. The monoisotopic (exact) mass is 187 g/mol. The van der Waals surface area contributed by atoms with Gasteiger partial charge >= 0.3 is 12.1 Å². The molecule has 0 saturated carbocycles. The molecule has 1 aliphatic heterocycles. The number of carbonyl (C=O) groups excluding carboxylic acids is 1. The van der Waals surface area contributed by atoms with Gasteiger partial charge < -0.3 is 21.1 Å². The van der Waals surface area contributed by atoms with Gasteiger partial charge in [-0.05, 0) is 12.3 Å². The van der Waals surface area contributed by atoms with E-state index in [4.69, 9.17) is 10.8 Å². The standard InChI is InChI=1S/C7H13N3O3/c8-6(11)10-2-1-5(4-10)3-9-7(12)13/h5,9H,1-4H2,(H2,8,11)(H,12,13). The van der Waals surface area contributed by atoms with Crippen molar-refractivity contribution in [3.05, 3.63) is 0 Å². The molecule has 1 unspecified atom stereocenters. The van der Waals surface area contributed by atoms with Gasteiger partial charge in [0.15, 0.2) is 0 Å². The molecule has 13 heavy (non-hydrogen) atoms. The average molecular weight is 187 g/mol. The third-order valence-corrected chi connectivity index (χ3v) is 2.14. The number of carboxylic acid groups (broad SMARTS) is 1. The molecule has 1 rings (SSSR count). The molecule has 0 aromatic carbocycles. The van der Waals surface area contributed by atoms with E-state index < -0.39 is 12.1 Å².